The Morgan fingerprint density at radius 3 is 2.83 bits per heavy atom. The van der Waals surface area contributed by atoms with Crippen molar-refractivity contribution >= 4 is 11.4 Å². The monoisotopic (exact) mass is 250 g/mol. The normalized spacial score (nSPS) is 19.7. The molecule has 1 atom stereocenters. The van der Waals surface area contributed by atoms with Crippen LogP contribution < -0.4 is 9.64 Å². The SMILES string of the molecule is COc1cc([N+](=O)[O-])ccc1N1CCCCC1C. The summed E-state index contributed by atoms with van der Waals surface area (Å²) in [4.78, 5) is 12.6. The van der Waals surface area contributed by atoms with E-state index in [2.05, 4.69) is 11.8 Å². The fourth-order valence-electron chi connectivity index (χ4n) is 2.47. The van der Waals surface area contributed by atoms with E-state index >= 15 is 0 Å². The van der Waals surface area contributed by atoms with E-state index in [4.69, 9.17) is 4.74 Å². The second kappa shape index (κ2) is 5.25. The van der Waals surface area contributed by atoms with E-state index in [1.54, 1.807) is 19.2 Å². The van der Waals surface area contributed by atoms with Gasteiger partial charge in [-0.05, 0) is 32.3 Å². The van der Waals surface area contributed by atoms with Gasteiger partial charge < -0.3 is 9.64 Å². The molecule has 1 heterocycles. The molecular formula is C13H18N2O3. The summed E-state index contributed by atoms with van der Waals surface area (Å²) in [6, 6.07) is 5.28. The molecule has 1 aromatic carbocycles. The minimum absolute atomic E-state index is 0.0697. The van der Waals surface area contributed by atoms with Gasteiger partial charge in [0.2, 0.25) is 0 Å². The molecule has 1 fully saturated rings. The van der Waals surface area contributed by atoms with Crippen LogP contribution in [0, 0.1) is 10.1 Å². The number of rotatable bonds is 3. The van der Waals surface area contributed by atoms with Crippen LogP contribution in [0.1, 0.15) is 26.2 Å². The Morgan fingerprint density at radius 2 is 2.22 bits per heavy atom. The van der Waals surface area contributed by atoms with Crippen molar-refractivity contribution in [2.24, 2.45) is 0 Å². The molecule has 1 aromatic rings. The predicted molar refractivity (Wildman–Crippen MR) is 70.3 cm³/mol. The van der Waals surface area contributed by atoms with Gasteiger partial charge in [-0.3, -0.25) is 10.1 Å². The summed E-state index contributed by atoms with van der Waals surface area (Å²) in [7, 11) is 1.55. The first-order chi connectivity index (χ1) is 8.63. The molecule has 1 saturated heterocycles. The highest BCUT2D eigenvalue weighted by atomic mass is 16.6. The van der Waals surface area contributed by atoms with Crippen LogP contribution in [0.4, 0.5) is 11.4 Å². The Hall–Kier alpha value is -1.78. The molecule has 0 saturated carbocycles. The Bertz CT molecular complexity index is 448. The second-order valence-electron chi connectivity index (χ2n) is 4.65. The first-order valence-corrected chi connectivity index (χ1v) is 6.22. The highest BCUT2D eigenvalue weighted by molar-refractivity contribution is 5.63. The quantitative estimate of drug-likeness (QED) is 0.611. The number of nitro benzene ring substituents is 1. The molecule has 5 nitrogen and oxygen atoms in total. The summed E-state index contributed by atoms with van der Waals surface area (Å²) < 4.78 is 5.29. The zero-order valence-corrected chi connectivity index (χ0v) is 10.8. The molecule has 1 aliphatic rings. The van der Waals surface area contributed by atoms with Gasteiger partial charge in [-0.25, -0.2) is 0 Å². The summed E-state index contributed by atoms with van der Waals surface area (Å²) in [5.41, 5.74) is 1.02. The van der Waals surface area contributed by atoms with Gasteiger partial charge in [0.15, 0.2) is 0 Å². The molecular weight excluding hydrogens is 232 g/mol. The summed E-state index contributed by atoms with van der Waals surface area (Å²) in [6.45, 7) is 3.16. The highest BCUT2D eigenvalue weighted by Gasteiger charge is 2.22. The number of hydrogen-bond acceptors (Lipinski definition) is 4. The third-order valence-electron chi connectivity index (χ3n) is 3.49. The first kappa shape index (κ1) is 12.7. The van der Waals surface area contributed by atoms with Crippen LogP contribution in [0.15, 0.2) is 18.2 Å². The van der Waals surface area contributed by atoms with E-state index in [0.29, 0.717) is 11.8 Å². The summed E-state index contributed by atoms with van der Waals surface area (Å²) >= 11 is 0. The topological polar surface area (TPSA) is 55.6 Å². The first-order valence-electron chi connectivity index (χ1n) is 6.22. The smallest absolute Gasteiger partial charge is 0.273 e. The van der Waals surface area contributed by atoms with Gasteiger partial charge in [-0.1, -0.05) is 0 Å². The minimum atomic E-state index is -0.397. The van der Waals surface area contributed by atoms with Gasteiger partial charge in [0.25, 0.3) is 5.69 Å². The Kier molecular flexibility index (Phi) is 3.69. The van der Waals surface area contributed by atoms with Crippen molar-refractivity contribution in [2.45, 2.75) is 32.2 Å². The molecule has 5 heteroatoms. The third kappa shape index (κ3) is 2.39. The largest absolute Gasteiger partial charge is 0.494 e. The zero-order chi connectivity index (χ0) is 13.1. The fraction of sp³-hybridized carbons (Fsp3) is 0.538. The zero-order valence-electron chi connectivity index (χ0n) is 10.8. The maximum atomic E-state index is 10.8. The van der Waals surface area contributed by atoms with E-state index < -0.39 is 4.92 Å². The van der Waals surface area contributed by atoms with Crippen molar-refractivity contribution in [3.63, 3.8) is 0 Å². The van der Waals surface area contributed by atoms with Crippen LogP contribution >= 0.6 is 0 Å². The van der Waals surface area contributed by atoms with Crippen LogP contribution in [-0.4, -0.2) is 24.6 Å². The molecule has 0 spiro atoms. The summed E-state index contributed by atoms with van der Waals surface area (Å²) in [5, 5.41) is 10.8. The maximum absolute atomic E-state index is 10.8. The third-order valence-corrected chi connectivity index (χ3v) is 3.49. The minimum Gasteiger partial charge on any atom is -0.494 e. The number of benzene rings is 1. The lowest BCUT2D eigenvalue weighted by molar-refractivity contribution is -0.384. The van der Waals surface area contributed by atoms with Crippen molar-refractivity contribution in [1.82, 2.24) is 0 Å². The molecule has 1 unspecified atom stereocenters. The predicted octanol–water partition coefficient (Wildman–Crippen LogP) is 2.98. The average molecular weight is 250 g/mol. The number of methoxy groups -OCH3 is 1. The van der Waals surface area contributed by atoms with Crippen molar-refractivity contribution in [1.29, 1.82) is 0 Å². The molecule has 0 bridgehead atoms. The van der Waals surface area contributed by atoms with Crippen LogP contribution in [0.25, 0.3) is 0 Å². The Morgan fingerprint density at radius 1 is 1.44 bits per heavy atom. The lowest BCUT2D eigenvalue weighted by Crippen LogP contribution is -2.37. The number of non-ortho nitro benzene ring substituents is 1. The molecule has 0 N–H and O–H groups in total. The van der Waals surface area contributed by atoms with Gasteiger partial charge in [-0.15, -0.1) is 0 Å². The van der Waals surface area contributed by atoms with Crippen molar-refractivity contribution in [3.8, 4) is 5.75 Å². The standard InChI is InChI=1S/C13H18N2O3/c1-10-5-3-4-8-14(10)12-7-6-11(15(16)17)9-13(12)18-2/h6-7,9-10H,3-5,8H2,1-2H3. The molecule has 0 radical (unpaired) electrons. The molecule has 0 amide bonds. The molecule has 0 aliphatic carbocycles. The van der Waals surface area contributed by atoms with E-state index in [9.17, 15) is 10.1 Å². The Labute approximate surface area is 107 Å². The fourth-order valence-corrected chi connectivity index (χ4v) is 2.47. The van der Waals surface area contributed by atoms with Crippen LogP contribution in [-0.2, 0) is 0 Å². The van der Waals surface area contributed by atoms with Crippen molar-refractivity contribution in [3.05, 3.63) is 28.3 Å². The number of piperidine rings is 1. The molecule has 1 aliphatic heterocycles. The van der Waals surface area contributed by atoms with Crippen molar-refractivity contribution < 1.29 is 9.66 Å². The van der Waals surface area contributed by atoms with E-state index in [0.717, 1.165) is 25.1 Å². The average Bonchev–Trinajstić information content (AvgIpc) is 2.38. The second-order valence-corrected chi connectivity index (χ2v) is 4.65. The van der Waals surface area contributed by atoms with Gasteiger partial charge in [0, 0.05) is 18.7 Å². The van der Waals surface area contributed by atoms with Gasteiger partial charge >= 0.3 is 0 Å². The number of hydrogen-bond donors (Lipinski definition) is 0. The van der Waals surface area contributed by atoms with Gasteiger partial charge in [0.05, 0.1) is 23.8 Å². The highest BCUT2D eigenvalue weighted by Crippen LogP contribution is 2.35. The number of anilines is 1. The van der Waals surface area contributed by atoms with Crippen LogP contribution in [0.5, 0.6) is 5.75 Å². The lowest BCUT2D eigenvalue weighted by atomic mass is 10.0. The number of nitro groups is 1. The van der Waals surface area contributed by atoms with Crippen LogP contribution in [0.3, 0.4) is 0 Å². The Balaban J connectivity index is 2.34. The molecule has 0 aromatic heterocycles. The van der Waals surface area contributed by atoms with Gasteiger partial charge in [-0.2, -0.15) is 0 Å². The van der Waals surface area contributed by atoms with E-state index in [1.165, 1.54) is 12.5 Å². The summed E-state index contributed by atoms with van der Waals surface area (Å²) in [6.07, 6.45) is 3.55. The number of nitrogens with zero attached hydrogens (tertiary/aromatic N) is 2. The van der Waals surface area contributed by atoms with Crippen molar-refractivity contribution in [2.75, 3.05) is 18.6 Å². The molecule has 18 heavy (non-hydrogen) atoms. The lowest BCUT2D eigenvalue weighted by Gasteiger charge is -2.36. The van der Waals surface area contributed by atoms with Gasteiger partial charge in [0.1, 0.15) is 5.75 Å². The van der Waals surface area contributed by atoms with Crippen LogP contribution in [0.2, 0.25) is 0 Å². The summed E-state index contributed by atoms with van der Waals surface area (Å²) in [5.74, 6) is 0.581. The van der Waals surface area contributed by atoms with E-state index in [-0.39, 0.29) is 5.69 Å². The molecule has 98 valence electrons. The number of ether oxygens (including phenoxy) is 1. The maximum Gasteiger partial charge on any atom is 0.273 e. The molecule has 2 rings (SSSR count). The van der Waals surface area contributed by atoms with E-state index in [1.807, 2.05) is 0 Å².